The van der Waals surface area contributed by atoms with Gasteiger partial charge < -0.3 is 16.0 Å². The normalized spacial score (nSPS) is 15.1. The Bertz CT molecular complexity index is 1190. The fourth-order valence-corrected chi connectivity index (χ4v) is 3.44. The summed E-state index contributed by atoms with van der Waals surface area (Å²) in [5.41, 5.74) is 0.670. The van der Waals surface area contributed by atoms with Gasteiger partial charge in [-0.15, -0.1) is 0 Å². The van der Waals surface area contributed by atoms with Crippen LogP contribution in [0.5, 0.6) is 0 Å². The van der Waals surface area contributed by atoms with Gasteiger partial charge in [0.2, 0.25) is 17.8 Å². The van der Waals surface area contributed by atoms with Crippen molar-refractivity contribution in [1.29, 1.82) is 0 Å². The highest BCUT2D eigenvalue weighted by molar-refractivity contribution is 6.31. The van der Waals surface area contributed by atoms with E-state index in [2.05, 4.69) is 25.9 Å². The number of aromatic amines is 1. The second-order valence-corrected chi connectivity index (χ2v) is 7.49. The van der Waals surface area contributed by atoms with E-state index in [1.54, 1.807) is 48.5 Å². The van der Waals surface area contributed by atoms with Gasteiger partial charge >= 0.3 is 0 Å². The van der Waals surface area contributed by atoms with Gasteiger partial charge in [-0.3, -0.25) is 19.4 Å². The van der Waals surface area contributed by atoms with Crippen molar-refractivity contribution in [3.05, 3.63) is 74.5 Å². The van der Waals surface area contributed by atoms with E-state index in [0.717, 1.165) is 0 Å². The number of rotatable bonds is 4. The summed E-state index contributed by atoms with van der Waals surface area (Å²) in [5.74, 6) is -1.74. The average Bonchev–Trinajstić information content (AvgIpc) is 2.68. The molecule has 30 heavy (non-hydrogen) atoms. The maximum atomic E-state index is 12.8. The van der Waals surface area contributed by atoms with Crippen LogP contribution in [0.15, 0.2) is 53.3 Å². The van der Waals surface area contributed by atoms with Crippen LogP contribution in [0.25, 0.3) is 0 Å². The Morgan fingerprint density at radius 2 is 1.80 bits per heavy atom. The van der Waals surface area contributed by atoms with Crippen molar-refractivity contribution in [3.63, 3.8) is 0 Å². The third-order valence-corrected chi connectivity index (χ3v) is 4.95. The quantitative estimate of drug-likeness (QED) is 0.488. The molecule has 0 unspecified atom stereocenters. The molecule has 3 aromatic rings. The minimum Gasteiger partial charge on any atom is -0.326 e. The second-order valence-electron chi connectivity index (χ2n) is 6.61. The van der Waals surface area contributed by atoms with Gasteiger partial charge in [0.1, 0.15) is 5.82 Å². The van der Waals surface area contributed by atoms with Gasteiger partial charge in [0, 0.05) is 27.8 Å². The number of amides is 2. The van der Waals surface area contributed by atoms with E-state index in [1.165, 1.54) is 0 Å². The van der Waals surface area contributed by atoms with Gasteiger partial charge in [-0.05, 0) is 42.5 Å². The molecule has 4 N–H and O–H groups in total. The summed E-state index contributed by atoms with van der Waals surface area (Å²) in [4.78, 5) is 44.6. The summed E-state index contributed by atoms with van der Waals surface area (Å²) in [6.45, 7) is 0. The van der Waals surface area contributed by atoms with Gasteiger partial charge in [0.15, 0.2) is 0 Å². The largest absolute Gasteiger partial charge is 0.326 e. The van der Waals surface area contributed by atoms with E-state index in [1.807, 2.05) is 0 Å². The predicted octanol–water partition coefficient (Wildman–Crippen LogP) is 3.88. The molecule has 1 aromatic heterocycles. The molecular formula is C20H15Cl2N5O3. The smallest absolute Gasteiger partial charge is 0.258 e. The Kier molecular flexibility index (Phi) is 5.43. The Hall–Kier alpha value is -3.36. The second kappa shape index (κ2) is 8.17. The van der Waals surface area contributed by atoms with Gasteiger partial charge in [-0.25, -0.2) is 0 Å². The number of anilines is 4. The van der Waals surface area contributed by atoms with Crippen LogP contribution in [0.1, 0.15) is 17.9 Å². The molecule has 0 spiro atoms. The van der Waals surface area contributed by atoms with Gasteiger partial charge in [-0.2, -0.15) is 4.98 Å². The highest BCUT2D eigenvalue weighted by Gasteiger charge is 2.34. The van der Waals surface area contributed by atoms with Crippen LogP contribution < -0.4 is 21.5 Å². The van der Waals surface area contributed by atoms with E-state index < -0.39 is 23.3 Å². The van der Waals surface area contributed by atoms with Crippen LogP contribution in [0.3, 0.4) is 0 Å². The van der Waals surface area contributed by atoms with Crippen molar-refractivity contribution >= 4 is 58.2 Å². The minimum atomic E-state index is -0.985. The molecule has 4 rings (SSSR count). The zero-order valence-electron chi connectivity index (χ0n) is 15.3. The molecule has 2 aromatic carbocycles. The third kappa shape index (κ3) is 4.29. The van der Waals surface area contributed by atoms with E-state index in [-0.39, 0.29) is 23.8 Å². The van der Waals surface area contributed by atoms with Gasteiger partial charge in [-0.1, -0.05) is 29.3 Å². The topological polar surface area (TPSA) is 116 Å². The molecular weight excluding hydrogens is 429 g/mol. The molecule has 1 aliphatic heterocycles. The summed E-state index contributed by atoms with van der Waals surface area (Å²) in [5, 5.41) is 9.22. The van der Waals surface area contributed by atoms with Crippen LogP contribution in [0.4, 0.5) is 23.1 Å². The molecule has 0 saturated carbocycles. The monoisotopic (exact) mass is 443 g/mol. The van der Waals surface area contributed by atoms with Crippen molar-refractivity contribution < 1.29 is 9.59 Å². The van der Waals surface area contributed by atoms with E-state index in [9.17, 15) is 14.4 Å². The molecule has 0 fully saturated rings. The SMILES string of the molecule is O=C1C[C@H](C(=O)Nc2ccc(Cl)cc2)c2c(nc(Nc3cccc(Cl)c3)[nH]c2=O)N1. The van der Waals surface area contributed by atoms with Crippen LogP contribution in [-0.4, -0.2) is 21.8 Å². The van der Waals surface area contributed by atoms with Crippen molar-refractivity contribution in [2.24, 2.45) is 0 Å². The summed E-state index contributed by atoms with van der Waals surface area (Å²) in [7, 11) is 0. The number of H-pyrrole nitrogens is 1. The number of carbonyl (C=O) groups is 2. The molecule has 8 nitrogen and oxygen atoms in total. The Balaban J connectivity index is 1.63. The Morgan fingerprint density at radius 1 is 1.03 bits per heavy atom. The first-order valence-corrected chi connectivity index (χ1v) is 9.68. The van der Waals surface area contributed by atoms with E-state index in [4.69, 9.17) is 23.2 Å². The number of carbonyl (C=O) groups excluding carboxylic acids is 2. The number of hydrogen-bond donors (Lipinski definition) is 4. The highest BCUT2D eigenvalue weighted by Crippen LogP contribution is 2.30. The van der Waals surface area contributed by atoms with Crippen LogP contribution in [0.2, 0.25) is 10.0 Å². The summed E-state index contributed by atoms with van der Waals surface area (Å²) < 4.78 is 0. The van der Waals surface area contributed by atoms with E-state index >= 15 is 0 Å². The van der Waals surface area contributed by atoms with Crippen molar-refractivity contribution in [2.75, 3.05) is 16.0 Å². The third-order valence-electron chi connectivity index (χ3n) is 4.47. The molecule has 152 valence electrons. The number of fused-ring (bicyclic) bond motifs is 1. The van der Waals surface area contributed by atoms with Crippen LogP contribution in [-0.2, 0) is 9.59 Å². The van der Waals surface area contributed by atoms with Crippen molar-refractivity contribution in [2.45, 2.75) is 12.3 Å². The number of halogens is 2. The predicted molar refractivity (Wildman–Crippen MR) is 116 cm³/mol. The maximum Gasteiger partial charge on any atom is 0.258 e. The molecule has 0 radical (unpaired) electrons. The highest BCUT2D eigenvalue weighted by atomic mass is 35.5. The fourth-order valence-electron chi connectivity index (χ4n) is 3.12. The lowest BCUT2D eigenvalue weighted by Crippen LogP contribution is -2.36. The van der Waals surface area contributed by atoms with Gasteiger partial charge in [0.05, 0.1) is 11.5 Å². The minimum absolute atomic E-state index is 0.0378. The lowest BCUT2D eigenvalue weighted by Gasteiger charge is -2.23. The number of nitrogens with zero attached hydrogens (tertiary/aromatic N) is 1. The van der Waals surface area contributed by atoms with Crippen molar-refractivity contribution in [1.82, 2.24) is 9.97 Å². The first-order chi connectivity index (χ1) is 14.4. The Morgan fingerprint density at radius 3 is 2.53 bits per heavy atom. The molecule has 2 amide bonds. The molecule has 1 atom stereocenters. The molecule has 10 heteroatoms. The lowest BCUT2D eigenvalue weighted by molar-refractivity contribution is -0.123. The first kappa shape index (κ1) is 19.9. The zero-order valence-corrected chi connectivity index (χ0v) is 16.8. The number of benzene rings is 2. The molecule has 2 heterocycles. The fraction of sp³-hybridized carbons (Fsp3) is 0.100. The first-order valence-electron chi connectivity index (χ1n) is 8.92. The Labute approximate surface area is 180 Å². The molecule has 0 bridgehead atoms. The zero-order chi connectivity index (χ0) is 21.3. The average molecular weight is 444 g/mol. The standard InChI is InChI=1S/C20H15Cl2N5O3/c21-10-4-6-12(7-5-10)23-18(29)14-9-15(28)25-17-16(14)19(30)27-20(26-17)24-13-3-1-2-11(22)8-13/h1-8,14H,9H2,(H,23,29)(H3,24,25,26,27,28,30)/t14-/m0/s1. The molecule has 0 saturated heterocycles. The van der Waals surface area contributed by atoms with Gasteiger partial charge in [0.25, 0.3) is 5.56 Å². The number of aromatic nitrogens is 2. The lowest BCUT2D eigenvalue weighted by atomic mass is 9.92. The number of nitrogens with one attached hydrogen (secondary N) is 4. The summed E-state index contributed by atoms with van der Waals surface area (Å²) >= 11 is 11.8. The molecule has 0 aliphatic carbocycles. The van der Waals surface area contributed by atoms with Crippen LogP contribution >= 0.6 is 23.2 Å². The summed E-state index contributed by atoms with van der Waals surface area (Å²) in [6, 6.07) is 13.4. The maximum absolute atomic E-state index is 12.8. The molecule has 1 aliphatic rings. The number of hydrogen-bond acceptors (Lipinski definition) is 5. The van der Waals surface area contributed by atoms with Crippen molar-refractivity contribution in [3.8, 4) is 0 Å². The summed E-state index contributed by atoms with van der Waals surface area (Å²) in [6.07, 6.45) is -0.168. The van der Waals surface area contributed by atoms with Crippen LogP contribution in [0, 0.1) is 0 Å². The van der Waals surface area contributed by atoms with E-state index in [0.29, 0.717) is 21.4 Å².